The number of rotatable bonds is 3. The van der Waals surface area contributed by atoms with E-state index in [2.05, 4.69) is 9.47 Å². The normalized spacial score (nSPS) is 6.75. The summed E-state index contributed by atoms with van der Waals surface area (Å²) >= 11 is 0. The second kappa shape index (κ2) is 17.5. The third kappa shape index (κ3) is 47.8. The van der Waals surface area contributed by atoms with Gasteiger partial charge in [0.2, 0.25) is 0 Å². The molecule has 0 aliphatic carbocycles. The van der Waals surface area contributed by atoms with Gasteiger partial charge in [0.25, 0.3) is 0 Å². The third-order valence-electron chi connectivity index (χ3n) is 0.534. The predicted octanol–water partition coefficient (Wildman–Crippen LogP) is -2.53. The van der Waals surface area contributed by atoms with Gasteiger partial charge in [-0.3, -0.25) is 4.46 Å². The van der Waals surface area contributed by atoms with Crippen LogP contribution in [0.1, 0.15) is 0 Å². The van der Waals surface area contributed by atoms with E-state index in [0.29, 0.717) is 0 Å². The van der Waals surface area contributed by atoms with Crippen LogP contribution in [0.2, 0.25) is 0 Å². The van der Waals surface area contributed by atoms with Gasteiger partial charge in [-0.05, 0) is 0 Å². The van der Waals surface area contributed by atoms with Crippen molar-refractivity contribution in [3.63, 3.8) is 0 Å². The number of ether oxygens (including phenoxy) is 2. The molecule has 16 heavy (non-hydrogen) atoms. The van der Waals surface area contributed by atoms with Crippen LogP contribution in [-0.4, -0.2) is 114 Å². The second-order valence-corrected chi connectivity index (χ2v) is 2.08. The van der Waals surface area contributed by atoms with Crippen LogP contribution in [0, 0.1) is 0 Å². The first-order valence-electron chi connectivity index (χ1n) is 2.99. The third-order valence-corrected chi connectivity index (χ3v) is 0.534. The Morgan fingerprint density at radius 1 is 0.938 bits per heavy atom. The molecule has 0 bridgehead atoms. The summed E-state index contributed by atoms with van der Waals surface area (Å²) in [6.07, 6.45) is -2.90. The molecule has 0 aliphatic rings. The maximum atomic E-state index is 9.62. The minimum absolute atomic E-state index is 0. The zero-order valence-corrected chi connectivity index (χ0v) is 7.74. The number of carboxylic acid groups (broad SMARTS) is 2. The standard InChI is InChI=1S/C4H6O6.2Na.H2O3Si.2H/c5-3(6)9-1-2-10-4(7)8;;;1-4(2)3;;/h1-2H2,(H,5,6)(H,7,8);;;1-2H;;. The average molecular weight is 276 g/mol. The van der Waals surface area contributed by atoms with E-state index in [0.717, 1.165) is 0 Å². The van der Waals surface area contributed by atoms with Gasteiger partial charge in [-0.25, -0.2) is 9.59 Å². The minimum atomic E-state index is -3.13. The van der Waals surface area contributed by atoms with E-state index in [9.17, 15) is 9.59 Å². The summed E-state index contributed by atoms with van der Waals surface area (Å²) in [6, 6.07) is 0. The van der Waals surface area contributed by atoms with Crippen LogP contribution < -0.4 is 0 Å². The van der Waals surface area contributed by atoms with Crippen LogP contribution in [0.3, 0.4) is 0 Å². The van der Waals surface area contributed by atoms with E-state index in [1.54, 1.807) is 0 Å². The molecule has 0 unspecified atom stereocenters. The fourth-order valence-electron chi connectivity index (χ4n) is 0.258. The molecule has 0 amide bonds. The van der Waals surface area contributed by atoms with Crippen LogP contribution in [0.15, 0.2) is 0 Å². The molecule has 0 aliphatic heterocycles. The molecule has 0 aromatic carbocycles. The molecular weight excluding hydrogens is 266 g/mol. The zero-order valence-electron chi connectivity index (χ0n) is 6.74. The van der Waals surface area contributed by atoms with E-state index in [4.69, 9.17) is 24.3 Å². The fourth-order valence-corrected chi connectivity index (χ4v) is 0.258. The van der Waals surface area contributed by atoms with Gasteiger partial charge in [-0.1, -0.05) is 0 Å². The van der Waals surface area contributed by atoms with Gasteiger partial charge < -0.3 is 29.3 Å². The van der Waals surface area contributed by atoms with Gasteiger partial charge >= 0.3 is 80.6 Å². The molecule has 0 heterocycles. The predicted molar refractivity (Wildman–Crippen MR) is 53.1 cm³/mol. The molecule has 0 radical (unpaired) electrons. The van der Waals surface area contributed by atoms with Crippen molar-refractivity contribution in [3.05, 3.63) is 0 Å². The first-order chi connectivity index (χ1) is 6.36. The molecule has 0 fully saturated rings. The van der Waals surface area contributed by atoms with Crippen LogP contribution in [0.25, 0.3) is 0 Å². The number of carbonyl (C=O) groups is 2. The van der Waals surface area contributed by atoms with Crippen molar-refractivity contribution in [2.45, 2.75) is 0 Å². The van der Waals surface area contributed by atoms with Crippen molar-refractivity contribution in [3.8, 4) is 0 Å². The quantitative estimate of drug-likeness (QED) is 0.248. The molecule has 0 saturated heterocycles. The molecule has 9 nitrogen and oxygen atoms in total. The average Bonchev–Trinajstić information content (AvgIpc) is 1.96. The summed E-state index contributed by atoms with van der Waals surface area (Å²) in [5.41, 5.74) is 0. The fraction of sp³-hybridized carbons (Fsp3) is 0.500. The Bertz CT molecular complexity index is 190. The molecule has 0 saturated carbocycles. The molecule has 12 heteroatoms. The van der Waals surface area contributed by atoms with Gasteiger partial charge in [0.1, 0.15) is 13.2 Å². The van der Waals surface area contributed by atoms with E-state index in [1.807, 2.05) is 0 Å². The van der Waals surface area contributed by atoms with Crippen LogP contribution in [0.4, 0.5) is 9.59 Å². The van der Waals surface area contributed by atoms with Gasteiger partial charge in [0.15, 0.2) is 0 Å². The molecule has 0 aromatic heterocycles. The van der Waals surface area contributed by atoms with Gasteiger partial charge in [-0.2, -0.15) is 0 Å². The molecule has 4 N–H and O–H groups in total. The van der Waals surface area contributed by atoms with Gasteiger partial charge in [0, 0.05) is 0 Å². The molecule has 0 spiro atoms. The van der Waals surface area contributed by atoms with E-state index < -0.39 is 21.5 Å². The topological polar surface area (TPSA) is 151 Å². The second-order valence-electron chi connectivity index (χ2n) is 1.51. The SMILES string of the molecule is O=C(O)OCCOC(=O)O.O=[Si](O)O.[NaH].[NaH]. The van der Waals surface area contributed by atoms with E-state index in [1.165, 1.54) is 0 Å². The van der Waals surface area contributed by atoms with Crippen LogP contribution >= 0.6 is 0 Å². The summed E-state index contributed by atoms with van der Waals surface area (Å²) < 4.78 is 16.6. The van der Waals surface area contributed by atoms with Gasteiger partial charge in [-0.15, -0.1) is 0 Å². The van der Waals surface area contributed by atoms with Crippen molar-refractivity contribution in [2.75, 3.05) is 13.2 Å². The molecule has 0 rings (SSSR count). The summed E-state index contributed by atoms with van der Waals surface area (Å²) in [5, 5.41) is 15.7. The Hall–Kier alpha value is 0.157. The van der Waals surface area contributed by atoms with Crippen LogP contribution in [-0.2, 0) is 13.9 Å². The summed E-state index contributed by atoms with van der Waals surface area (Å²) in [6.45, 7) is -0.552. The Kier molecular flexibility index (Phi) is 27.5. The van der Waals surface area contributed by atoms with Crippen molar-refractivity contribution in [2.24, 2.45) is 0 Å². The van der Waals surface area contributed by atoms with Crippen molar-refractivity contribution in [1.29, 1.82) is 0 Å². The summed E-state index contributed by atoms with van der Waals surface area (Å²) in [4.78, 5) is 33.6. The Morgan fingerprint density at radius 3 is 1.25 bits per heavy atom. The summed E-state index contributed by atoms with van der Waals surface area (Å²) in [7, 11) is -3.13. The van der Waals surface area contributed by atoms with Gasteiger partial charge in [0.05, 0.1) is 0 Å². The molecule has 86 valence electrons. The number of hydrogen-bond acceptors (Lipinski definition) is 5. The van der Waals surface area contributed by atoms with Crippen LogP contribution in [0.5, 0.6) is 0 Å². The first-order valence-corrected chi connectivity index (χ1v) is 4.30. The zero-order chi connectivity index (χ0) is 11.6. The number of hydrogen-bond donors (Lipinski definition) is 4. The summed E-state index contributed by atoms with van der Waals surface area (Å²) in [5.74, 6) is 0. The van der Waals surface area contributed by atoms with Crippen molar-refractivity contribution < 1.29 is 43.3 Å². The van der Waals surface area contributed by atoms with E-state index in [-0.39, 0.29) is 72.3 Å². The van der Waals surface area contributed by atoms with Crippen molar-refractivity contribution in [1.82, 2.24) is 0 Å². The Labute approximate surface area is 136 Å². The van der Waals surface area contributed by atoms with E-state index >= 15 is 0 Å². The Morgan fingerprint density at radius 2 is 1.12 bits per heavy atom. The molecular formula is C4H10Na2O9Si. The maximum absolute atomic E-state index is 9.62. The first kappa shape index (κ1) is 25.1. The Balaban J connectivity index is -0.000000105. The monoisotopic (exact) mass is 276 g/mol. The molecule has 0 atom stereocenters. The van der Waals surface area contributed by atoms with Crippen molar-refractivity contribution >= 4 is 80.6 Å². The molecule has 0 aromatic rings.